The van der Waals surface area contributed by atoms with E-state index in [0.29, 0.717) is 21.3 Å². The molecule has 29 heavy (non-hydrogen) atoms. The highest BCUT2D eigenvalue weighted by molar-refractivity contribution is 7.21. The molecule has 0 atom stereocenters. The van der Waals surface area contributed by atoms with Crippen LogP contribution in [0.4, 0.5) is 5.69 Å². The zero-order valence-electron chi connectivity index (χ0n) is 15.4. The molecule has 0 fully saturated rings. The fourth-order valence-electron chi connectivity index (χ4n) is 3.84. The summed E-state index contributed by atoms with van der Waals surface area (Å²) >= 11 is 8.90. The molecule has 4 aromatic rings. The van der Waals surface area contributed by atoms with Crippen molar-refractivity contribution in [2.75, 3.05) is 5.73 Å². The smallest absolute Gasteiger partial charge is 0.355 e. The molecule has 3 heterocycles. The number of anilines is 1. The van der Waals surface area contributed by atoms with Crippen LogP contribution in [0.25, 0.3) is 20.8 Å². The van der Waals surface area contributed by atoms with Gasteiger partial charge in [-0.05, 0) is 72.5 Å². The van der Waals surface area contributed by atoms with Gasteiger partial charge >= 0.3 is 5.97 Å². The Balaban J connectivity index is 1.62. The lowest BCUT2D eigenvalue weighted by atomic mass is 9.88. The van der Waals surface area contributed by atoms with E-state index in [1.807, 2.05) is 6.07 Å². The minimum atomic E-state index is -0.463. The Morgan fingerprint density at radius 3 is 2.59 bits per heavy atom. The molecule has 0 saturated heterocycles. The molecule has 0 unspecified atom stereocenters. The zero-order valence-corrected chi connectivity index (χ0v) is 17.8. The molecule has 146 valence electrons. The lowest BCUT2D eigenvalue weighted by molar-refractivity contribution is 0.0741. The number of ether oxygens (including phenoxy) is 1. The second kappa shape index (κ2) is 7.44. The monoisotopic (exact) mass is 440 g/mol. The summed E-state index contributed by atoms with van der Waals surface area (Å²) in [6.45, 7) is 0. The largest absolute Gasteiger partial charge is 0.422 e. The van der Waals surface area contributed by atoms with Gasteiger partial charge in [-0.15, -0.1) is 22.7 Å². The highest BCUT2D eigenvalue weighted by atomic mass is 35.5. The Morgan fingerprint density at radius 2 is 1.86 bits per heavy atom. The van der Waals surface area contributed by atoms with E-state index in [0.717, 1.165) is 46.5 Å². The average molecular weight is 441 g/mol. The molecule has 3 aromatic heterocycles. The number of nitrogens with zero attached hydrogens (tertiary/aromatic N) is 1. The number of pyridine rings is 1. The zero-order chi connectivity index (χ0) is 20.0. The van der Waals surface area contributed by atoms with Crippen LogP contribution in [0.5, 0.6) is 5.75 Å². The number of aromatic nitrogens is 1. The van der Waals surface area contributed by atoms with Crippen LogP contribution in [0.15, 0.2) is 41.8 Å². The molecular formula is C22H17ClN2O2S2. The summed E-state index contributed by atoms with van der Waals surface area (Å²) in [5.41, 5.74) is 10.5. The predicted octanol–water partition coefficient (Wildman–Crippen LogP) is 6.36. The number of hydrogen-bond acceptors (Lipinski definition) is 6. The van der Waals surface area contributed by atoms with Gasteiger partial charge in [-0.2, -0.15) is 0 Å². The van der Waals surface area contributed by atoms with Crippen molar-refractivity contribution >= 4 is 56.1 Å². The van der Waals surface area contributed by atoms with Crippen LogP contribution in [-0.4, -0.2) is 11.0 Å². The topological polar surface area (TPSA) is 65.2 Å². The minimum absolute atomic E-state index is 0.401. The van der Waals surface area contributed by atoms with Crippen molar-refractivity contribution in [1.82, 2.24) is 4.98 Å². The molecule has 1 aromatic carbocycles. The fourth-order valence-corrected chi connectivity index (χ4v) is 5.71. The van der Waals surface area contributed by atoms with Crippen LogP contribution >= 0.6 is 34.3 Å². The number of hydrogen-bond donors (Lipinski definition) is 1. The third kappa shape index (κ3) is 3.31. The molecule has 5 rings (SSSR count). The van der Waals surface area contributed by atoms with Crippen LogP contribution in [0.2, 0.25) is 5.02 Å². The van der Waals surface area contributed by atoms with Crippen LogP contribution in [-0.2, 0) is 12.8 Å². The number of benzene rings is 1. The predicted molar refractivity (Wildman–Crippen MR) is 120 cm³/mol. The Kier molecular flexibility index (Phi) is 4.78. The molecule has 1 aliphatic rings. The minimum Gasteiger partial charge on any atom is -0.422 e. The summed E-state index contributed by atoms with van der Waals surface area (Å²) < 4.78 is 5.52. The normalized spacial score (nSPS) is 13.4. The summed E-state index contributed by atoms with van der Waals surface area (Å²) in [5.74, 6) is -0.0272. The first kappa shape index (κ1) is 18.6. The van der Waals surface area contributed by atoms with Crippen LogP contribution in [0, 0.1) is 0 Å². The van der Waals surface area contributed by atoms with Crippen LogP contribution in [0.3, 0.4) is 0 Å². The number of esters is 1. The molecule has 0 radical (unpaired) electrons. The number of thiophene rings is 2. The molecule has 0 saturated carbocycles. The van der Waals surface area contributed by atoms with Crippen molar-refractivity contribution in [3.63, 3.8) is 0 Å². The van der Waals surface area contributed by atoms with Crippen molar-refractivity contribution in [2.24, 2.45) is 0 Å². The summed E-state index contributed by atoms with van der Waals surface area (Å²) in [7, 11) is 0. The lowest BCUT2D eigenvalue weighted by Gasteiger charge is -2.19. The van der Waals surface area contributed by atoms with Gasteiger partial charge in [-0.25, -0.2) is 9.78 Å². The number of fused-ring (bicyclic) bond motifs is 3. The molecule has 0 amide bonds. The van der Waals surface area contributed by atoms with Crippen molar-refractivity contribution < 1.29 is 9.53 Å². The molecular weight excluding hydrogens is 424 g/mol. The van der Waals surface area contributed by atoms with E-state index >= 15 is 0 Å². The maximum Gasteiger partial charge on any atom is 0.355 e. The molecule has 4 nitrogen and oxygen atoms in total. The molecule has 7 heteroatoms. The van der Waals surface area contributed by atoms with Crippen molar-refractivity contribution in [2.45, 2.75) is 25.7 Å². The van der Waals surface area contributed by atoms with Crippen molar-refractivity contribution in [3.05, 3.63) is 62.8 Å². The van der Waals surface area contributed by atoms with Crippen LogP contribution < -0.4 is 10.5 Å². The molecule has 0 aliphatic heterocycles. The highest BCUT2D eigenvalue weighted by Crippen LogP contribution is 2.43. The van der Waals surface area contributed by atoms with E-state index in [2.05, 4.69) is 11.4 Å². The SMILES string of the molecule is Nc1c(C(=O)Oc2ccc(Cl)cc2)sc2nc(-c3cccs3)c3c(c12)CCCC3. The van der Waals surface area contributed by atoms with Gasteiger partial charge in [0.2, 0.25) is 0 Å². The van der Waals surface area contributed by atoms with E-state index in [1.165, 1.54) is 22.5 Å². The van der Waals surface area contributed by atoms with E-state index in [1.54, 1.807) is 35.6 Å². The summed E-state index contributed by atoms with van der Waals surface area (Å²) in [6, 6.07) is 10.8. The Morgan fingerprint density at radius 1 is 1.10 bits per heavy atom. The number of halogens is 1. The third-order valence-corrected chi connectivity index (χ3v) is 7.37. The van der Waals surface area contributed by atoms with Gasteiger partial charge in [-0.3, -0.25) is 0 Å². The molecule has 0 spiro atoms. The standard InChI is InChI=1S/C22H17ClN2O2S2/c23-12-7-9-13(10-8-12)27-22(26)20-18(24)17-14-4-1-2-5-15(14)19(25-21(17)29-20)16-6-3-11-28-16/h3,6-11H,1-2,4-5,24H2. The first-order valence-electron chi connectivity index (χ1n) is 9.37. The van der Waals surface area contributed by atoms with E-state index in [4.69, 9.17) is 27.1 Å². The number of aryl methyl sites for hydroxylation is 1. The van der Waals surface area contributed by atoms with Gasteiger partial charge in [0.05, 0.1) is 16.3 Å². The van der Waals surface area contributed by atoms with E-state index < -0.39 is 5.97 Å². The Bertz CT molecular complexity index is 1210. The van der Waals surface area contributed by atoms with Gasteiger partial charge in [0.15, 0.2) is 0 Å². The van der Waals surface area contributed by atoms with Gasteiger partial charge in [0.25, 0.3) is 0 Å². The fraction of sp³-hybridized carbons (Fsp3) is 0.182. The van der Waals surface area contributed by atoms with Gasteiger partial charge in [0.1, 0.15) is 15.5 Å². The molecule has 2 N–H and O–H groups in total. The number of carbonyl (C=O) groups excluding carboxylic acids is 1. The second-order valence-corrected chi connectivity index (χ2v) is 9.35. The Labute approximate surface area is 180 Å². The van der Waals surface area contributed by atoms with Gasteiger partial charge < -0.3 is 10.5 Å². The van der Waals surface area contributed by atoms with Crippen molar-refractivity contribution in [3.8, 4) is 16.3 Å². The Hall–Kier alpha value is -2.41. The summed E-state index contributed by atoms with van der Waals surface area (Å²) in [5, 5.41) is 3.57. The second-order valence-electron chi connectivity index (χ2n) is 6.97. The number of rotatable bonds is 3. The third-order valence-electron chi connectivity index (χ3n) is 5.16. The molecule has 1 aliphatic carbocycles. The number of nitrogen functional groups attached to an aromatic ring is 1. The van der Waals surface area contributed by atoms with E-state index in [9.17, 15) is 4.79 Å². The number of carbonyl (C=O) groups is 1. The number of nitrogens with two attached hydrogens (primary N) is 1. The first-order chi connectivity index (χ1) is 14.1. The maximum absolute atomic E-state index is 12.8. The van der Waals surface area contributed by atoms with Crippen molar-refractivity contribution in [1.29, 1.82) is 0 Å². The average Bonchev–Trinajstić information content (AvgIpc) is 3.37. The van der Waals surface area contributed by atoms with Crippen LogP contribution in [0.1, 0.15) is 33.6 Å². The highest BCUT2D eigenvalue weighted by Gasteiger charge is 2.26. The quantitative estimate of drug-likeness (QED) is 0.297. The summed E-state index contributed by atoms with van der Waals surface area (Å²) in [4.78, 5) is 20.1. The maximum atomic E-state index is 12.8. The van der Waals surface area contributed by atoms with Gasteiger partial charge in [0, 0.05) is 10.4 Å². The molecule has 0 bridgehead atoms. The summed E-state index contributed by atoms with van der Waals surface area (Å²) in [6.07, 6.45) is 4.22. The lowest BCUT2D eigenvalue weighted by Crippen LogP contribution is -2.09. The van der Waals surface area contributed by atoms with Gasteiger partial charge in [-0.1, -0.05) is 17.7 Å². The van der Waals surface area contributed by atoms with E-state index in [-0.39, 0.29) is 0 Å². The first-order valence-corrected chi connectivity index (χ1v) is 11.4.